The van der Waals surface area contributed by atoms with E-state index >= 15 is 0 Å². The molecule has 0 aromatic heterocycles. The van der Waals surface area contributed by atoms with E-state index in [9.17, 15) is 4.79 Å². The number of benzene rings is 1. The van der Waals surface area contributed by atoms with Crippen LogP contribution >= 0.6 is 22.6 Å². The Morgan fingerprint density at radius 1 is 1.27 bits per heavy atom. The highest BCUT2D eigenvalue weighted by Gasteiger charge is 2.03. The van der Waals surface area contributed by atoms with E-state index in [1.807, 2.05) is 24.3 Å². The molecule has 0 aliphatic rings. The second-order valence-corrected chi connectivity index (χ2v) is 4.72. The van der Waals surface area contributed by atoms with E-state index in [0.29, 0.717) is 0 Å². The van der Waals surface area contributed by atoms with Crippen molar-refractivity contribution in [2.45, 2.75) is 26.2 Å². The molecule has 2 nitrogen and oxygen atoms in total. The van der Waals surface area contributed by atoms with Crippen molar-refractivity contribution in [1.29, 1.82) is 0 Å². The summed E-state index contributed by atoms with van der Waals surface area (Å²) in [7, 11) is 0. The highest BCUT2D eigenvalue weighted by atomic mass is 127. The molecule has 0 spiro atoms. The van der Waals surface area contributed by atoms with Gasteiger partial charge in [0.2, 0.25) is 0 Å². The van der Waals surface area contributed by atoms with E-state index in [-0.39, 0.29) is 5.91 Å². The minimum absolute atomic E-state index is 0.0301. The number of rotatable bonds is 5. The molecule has 0 saturated carbocycles. The molecule has 1 N–H and O–H groups in total. The molecule has 0 aliphatic heterocycles. The van der Waals surface area contributed by atoms with Crippen molar-refractivity contribution >= 4 is 28.5 Å². The third-order valence-electron chi connectivity index (χ3n) is 2.17. The molecule has 0 radical (unpaired) electrons. The summed E-state index contributed by atoms with van der Waals surface area (Å²) in [6, 6.07) is 7.61. The standard InChI is InChI=1S/C12H16INO/c1-2-3-4-9-14-12(15)10-5-7-11(13)8-6-10/h5-8H,2-4,9H2,1H3,(H,14,15). The minimum Gasteiger partial charge on any atom is -0.352 e. The van der Waals surface area contributed by atoms with Crippen LogP contribution in [0.25, 0.3) is 0 Å². The van der Waals surface area contributed by atoms with Crippen molar-refractivity contribution in [3.63, 3.8) is 0 Å². The van der Waals surface area contributed by atoms with Gasteiger partial charge in [-0.2, -0.15) is 0 Å². The first kappa shape index (κ1) is 12.5. The Kier molecular flexibility index (Phi) is 5.68. The molecule has 82 valence electrons. The molecule has 0 fully saturated rings. The van der Waals surface area contributed by atoms with E-state index in [2.05, 4.69) is 34.8 Å². The predicted octanol–water partition coefficient (Wildman–Crippen LogP) is 3.21. The average molecular weight is 317 g/mol. The van der Waals surface area contributed by atoms with Crippen molar-refractivity contribution in [1.82, 2.24) is 5.32 Å². The van der Waals surface area contributed by atoms with E-state index in [4.69, 9.17) is 0 Å². The SMILES string of the molecule is CCCCCNC(=O)c1ccc(I)cc1. The summed E-state index contributed by atoms with van der Waals surface area (Å²) in [5, 5.41) is 2.91. The van der Waals surface area contributed by atoms with Crippen LogP contribution in [-0.2, 0) is 0 Å². The smallest absolute Gasteiger partial charge is 0.251 e. The zero-order chi connectivity index (χ0) is 11.1. The van der Waals surface area contributed by atoms with Gasteiger partial charge < -0.3 is 5.32 Å². The quantitative estimate of drug-likeness (QED) is 0.656. The van der Waals surface area contributed by atoms with Crippen LogP contribution in [0.15, 0.2) is 24.3 Å². The monoisotopic (exact) mass is 317 g/mol. The number of amides is 1. The second-order valence-electron chi connectivity index (χ2n) is 3.47. The van der Waals surface area contributed by atoms with Gasteiger partial charge in [0.05, 0.1) is 0 Å². The van der Waals surface area contributed by atoms with Crippen molar-refractivity contribution in [3.8, 4) is 0 Å². The summed E-state index contributed by atoms with van der Waals surface area (Å²) < 4.78 is 1.15. The topological polar surface area (TPSA) is 29.1 Å². The van der Waals surface area contributed by atoms with Gasteiger partial charge in [-0.15, -0.1) is 0 Å². The molecular formula is C12H16INO. The van der Waals surface area contributed by atoms with Gasteiger partial charge in [0.25, 0.3) is 5.91 Å². The fourth-order valence-corrected chi connectivity index (χ4v) is 1.64. The Morgan fingerprint density at radius 3 is 2.53 bits per heavy atom. The lowest BCUT2D eigenvalue weighted by Crippen LogP contribution is -2.24. The molecule has 1 rings (SSSR count). The van der Waals surface area contributed by atoms with Crippen LogP contribution in [0.1, 0.15) is 36.5 Å². The van der Waals surface area contributed by atoms with Gasteiger partial charge in [0.1, 0.15) is 0 Å². The first-order valence-electron chi connectivity index (χ1n) is 5.28. The Balaban J connectivity index is 2.37. The zero-order valence-electron chi connectivity index (χ0n) is 8.92. The van der Waals surface area contributed by atoms with Crippen molar-refractivity contribution in [3.05, 3.63) is 33.4 Å². The molecule has 0 unspecified atom stereocenters. The molecule has 0 bridgehead atoms. The number of nitrogens with one attached hydrogen (secondary N) is 1. The highest BCUT2D eigenvalue weighted by Crippen LogP contribution is 2.06. The summed E-state index contributed by atoms with van der Waals surface area (Å²) in [5.41, 5.74) is 0.743. The van der Waals surface area contributed by atoms with Crippen molar-refractivity contribution in [2.75, 3.05) is 6.54 Å². The average Bonchev–Trinajstić information content (AvgIpc) is 2.25. The predicted molar refractivity (Wildman–Crippen MR) is 71.0 cm³/mol. The van der Waals surface area contributed by atoms with Gasteiger partial charge >= 0.3 is 0 Å². The van der Waals surface area contributed by atoms with Crippen LogP contribution in [-0.4, -0.2) is 12.5 Å². The summed E-state index contributed by atoms with van der Waals surface area (Å²) in [4.78, 5) is 11.6. The first-order valence-corrected chi connectivity index (χ1v) is 6.35. The fourth-order valence-electron chi connectivity index (χ4n) is 1.28. The zero-order valence-corrected chi connectivity index (χ0v) is 11.1. The van der Waals surface area contributed by atoms with Crippen LogP contribution in [0.5, 0.6) is 0 Å². The molecule has 15 heavy (non-hydrogen) atoms. The number of halogens is 1. The molecule has 1 aromatic rings. The van der Waals surface area contributed by atoms with Crippen molar-refractivity contribution < 1.29 is 4.79 Å². The number of hydrogen-bond acceptors (Lipinski definition) is 1. The third kappa shape index (κ3) is 4.64. The number of hydrogen-bond donors (Lipinski definition) is 1. The maximum Gasteiger partial charge on any atom is 0.251 e. The van der Waals surface area contributed by atoms with Gasteiger partial charge in [-0.3, -0.25) is 4.79 Å². The Labute approximate surface area is 105 Å². The summed E-state index contributed by atoms with van der Waals surface area (Å²) >= 11 is 2.23. The van der Waals surface area contributed by atoms with Crippen LogP contribution < -0.4 is 5.32 Å². The number of carbonyl (C=O) groups excluding carboxylic acids is 1. The van der Waals surface area contributed by atoms with E-state index < -0.39 is 0 Å². The van der Waals surface area contributed by atoms with Crippen LogP contribution in [0, 0.1) is 3.57 Å². The van der Waals surface area contributed by atoms with E-state index in [0.717, 1.165) is 22.1 Å². The fraction of sp³-hybridized carbons (Fsp3) is 0.417. The molecule has 0 atom stereocenters. The van der Waals surface area contributed by atoms with E-state index in [1.54, 1.807) is 0 Å². The largest absolute Gasteiger partial charge is 0.352 e. The Bertz CT molecular complexity index is 308. The molecular weight excluding hydrogens is 301 g/mol. The molecule has 1 aromatic carbocycles. The maximum atomic E-state index is 11.6. The summed E-state index contributed by atoms with van der Waals surface area (Å²) in [6.45, 7) is 2.93. The van der Waals surface area contributed by atoms with E-state index in [1.165, 1.54) is 12.8 Å². The number of carbonyl (C=O) groups is 1. The molecule has 0 saturated heterocycles. The first-order chi connectivity index (χ1) is 7.24. The van der Waals surface area contributed by atoms with Crippen LogP contribution in [0.2, 0.25) is 0 Å². The van der Waals surface area contributed by atoms with Gasteiger partial charge in [0.15, 0.2) is 0 Å². The lowest BCUT2D eigenvalue weighted by atomic mass is 10.2. The number of unbranched alkanes of at least 4 members (excludes halogenated alkanes) is 2. The maximum absolute atomic E-state index is 11.6. The lowest BCUT2D eigenvalue weighted by Gasteiger charge is -2.04. The normalized spacial score (nSPS) is 10.0. The second kappa shape index (κ2) is 6.82. The van der Waals surface area contributed by atoms with Gasteiger partial charge in [-0.05, 0) is 53.3 Å². The van der Waals surface area contributed by atoms with Gasteiger partial charge in [-0.1, -0.05) is 19.8 Å². The summed E-state index contributed by atoms with van der Waals surface area (Å²) in [5.74, 6) is 0.0301. The summed E-state index contributed by atoms with van der Waals surface area (Å²) in [6.07, 6.45) is 3.42. The molecule has 0 aliphatic carbocycles. The van der Waals surface area contributed by atoms with Crippen LogP contribution in [0.4, 0.5) is 0 Å². The Morgan fingerprint density at radius 2 is 1.93 bits per heavy atom. The lowest BCUT2D eigenvalue weighted by molar-refractivity contribution is 0.0953. The van der Waals surface area contributed by atoms with Gasteiger partial charge in [-0.25, -0.2) is 0 Å². The molecule has 0 heterocycles. The van der Waals surface area contributed by atoms with Gasteiger partial charge in [0, 0.05) is 15.7 Å². The minimum atomic E-state index is 0.0301. The van der Waals surface area contributed by atoms with Crippen LogP contribution in [0.3, 0.4) is 0 Å². The third-order valence-corrected chi connectivity index (χ3v) is 2.89. The molecule has 1 amide bonds. The highest BCUT2D eigenvalue weighted by molar-refractivity contribution is 14.1. The Hall–Kier alpha value is -0.580. The van der Waals surface area contributed by atoms with Crippen molar-refractivity contribution in [2.24, 2.45) is 0 Å². The molecule has 3 heteroatoms.